The Bertz CT molecular complexity index is 909. The van der Waals surface area contributed by atoms with E-state index in [0.717, 1.165) is 12.8 Å². The maximum Gasteiger partial charge on any atom is 0.262 e. The van der Waals surface area contributed by atoms with Crippen molar-refractivity contribution in [2.75, 3.05) is 13.2 Å². The van der Waals surface area contributed by atoms with E-state index in [1.54, 1.807) is 22.8 Å². The number of hydrogen-bond donors (Lipinski definition) is 1. The minimum absolute atomic E-state index is 0.00586. The number of carbonyl (C=O) groups is 1. The fraction of sp³-hybridized carbons (Fsp3) is 0.550. The van der Waals surface area contributed by atoms with Gasteiger partial charge in [-0.3, -0.25) is 14.2 Å². The van der Waals surface area contributed by atoms with Crippen molar-refractivity contribution in [3.05, 3.63) is 33.6 Å². The van der Waals surface area contributed by atoms with Crippen LogP contribution in [0.15, 0.2) is 28.2 Å². The van der Waals surface area contributed by atoms with Crippen LogP contribution < -0.4 is 10.9 Å². The number of rotatable bonds is 7. The van der Waals surface area contributed by atoms with Gasteiger partial charge in [0, 0.05) is 18.2 Å². The molecule has 1 aliphatic heterocycles. The smallest absolute Gasteiger partial charge is 0.262 e. The summed E-state index contributed by atoms with van der Waals surface area (Å²) in [5.41, 5.74) is 0.410. The zero-order valence-corrected chi connectivity index (χ0v) is 18.0. The summed E-state index contributed by atoms with van der Waals surface area (Å²) >= 11 is 7.38. The lowest BCUT2D eigenvalue weighted by Gasteiger charge is -2.19. The molecule has 1 amide bonds. The van der Waals surface area contributed by atoms with Crippen LogP contribution in [0.1, 0.15) is 33.6 Å². The highest BCUT2D eigenvalue weighted by molar-refractivity contribution is 8.00. The van der Waals surface area contributed by atoms with Crippen LogP contribution in [-0.4, -0.2) is 40.0 Å². The van der Waals surface area contributed by atoms with Crippen LogP contribution in [0.2, 0.25) is 5.02 Å². The first-order valence-electron chi connectivity index (χ1n) is 9.61. The zero-order chi connectivity index (χ0) is 20.3. The average molecular weight is 424 g/mol. The van der Waals surface area contributed by atoms with Gasteiger partial charge in [0.1, 0.15) is 0 Å². The van der Waals surface area contributed by atoms with Crippen LogP contribution in [0.4, 0.5) is 0 Å². The molecule has 152 valence electrons. The SMILES string of the molecule is CC(C)CNC(=O)[C@H](C)Sc1nc2cc(Cl)ccc2c(=O)n1C[C@H]1CCCO1. The van der Waals surface area contributed by atoms with Crippen LogP contribution in [0.25, 0.3) is 10.9 Å². The summed E-state index contributed by atoms with van der Waals surface area (Å²) in [6.07, 6.45) is 1.90. The van der Waals surface area contributed by atoms with Gasteiger partial charge in [0.05, 0.1) is 28.8 Å². The second-order valence-corrected chi connectivity index (χ2v) is 9.25. The number of fused-ring (bicyclic) bond motifs is 1. The van der Waals surface area contributed by atoms with Gasteiger partial charge in [-0.1, -0.05) is 37.2 Å². The predicted molar refractivity (Wildman–Crippen MR) is 113 cm³/mol. The number of thioether (sulfide) groups is 1. The third kappa shape index (κ3) is 5.07. The van der Waals surface area contributed by atoms with Crippen molar-refractivity contribution in [1.29, 1.82) is 0 Å². The van der Waals surface area contributed by atoms with E-state index in [2.05, 4.69) is 10.3 Å². The molecule has 1 N–H and O–H groups in total. The zero-order valence-electron chi connectivity index (χ0n) is 16.4. The molecule has 28 heavy (non-hydrogen) atoms. The van der Waals surface area contributed by atoms with Crippen LogP contribution >= 0.6 is 23.4 Å². The molecule has 0 spiro atoms. The van der Waals surface area contributed by atoms with Gasteiger partial charge in [-0.25, -0.2) is 4.98 Å². The Morgan fingerprint density at radius 1 is 1.43 bits per heavy atom. The van der Waals surface area contributed by atoms with Gasteiger partial charge in [0.25, 0.3) is 5.56 Å². The molecule has 0 unspecified atom stereocenters. The number of halogens is 1. The molecule has 1 aromatic heterocycles. The number of amides is 1. The van der Waals surface area contributed by atoms with Crippen LogP contribution in [-0.2, 0) is 16.1 Å². The summed E-state index contributed by atoms with van der Waals surface area (Å²) in [6.45, 7) is 7.69. The number of benzene rings is 1. The number of aromatic nitrogens is 2. The van der Waals surface area contributed by atoms with Gasteiger partial charge in [-0.15, -0.1) is 0 Å². The average Bonchev–Trinajstić information content (AvgIpc) is 3.15. The van der Waals surface area contributed by atoms with Crippen LogP contribution in [0.3, 0.4) is 0 Å². The van der Waals surface area contributed by atoms with Crippen molar-refractivity contribution in [2.24, 2.45) is 5.92 Å². The molecular formula is C20H26ClN3O3S. The third-order valence-corrected chi connectivity index (χ3v) is 5.95. The molecule has 0 radical (unpaired) electrons. The Balaban J connectivity index is 1.93. The summed E-state index contributed by atoms with van der Waals surface area (Å²) in [7, 11) is 0. The molecule has 2 heterocycles. The lowest BCUT2D eigenvalue weighted by molar-refractivity contribution is -0.120. The Morgan fingerprint density at radius 3 is 2.89 bits per heavy atom. The molecule has 2 aromatic rings. The predicted octanol–water partition coefficient (Wildman–Crippen LogP) is 3.48. The third-order valence-electron chi connectivity index (χ3n) is 4.63. The molecule has 2 atom stereocenters. The highest BCUT2D eigenvalue weighted by atomic mass is 35.5. The summed E-state index contributed by atoms with van der Waals surface area (Å²) < 4.78 is 7.36. The lowest BCUT2D eigenvalue weighted by Crippen LogP contribution is -2.34. The van der Waals surface area contributed by atoms with E-state index >= 15 is 0 Å². The maximum atomic E-state index is 13.1. The standard InChI is InChI=1S/C20H26ClN3O3S/c1-12(2)10-22-18(25)13(3)28-20-23-17-9-14(21)6-7-16(17)19(26)24(20)11-15-5-4-8-27-15/h6-7,9,12-13,15H,4-5,8,10-11H2,1-3H3,(H,22,25)/t13-,15+/m0/s1. The second kappa shape index (κ2) is 9.29. The Kier molecular flexibility index (Phi) is 7.01. The monoisotopic (exact) mass is 423 g/mol. The minimum atomic E-state index is -0.377. The van der Waals surface area contributed by atoms with Gasteiger partial charge < -0.3 is 10.1 Å². The van der Waals surface area contributed by atoms with E-state index in [0.29, 0.717) is 46.7 Å². The molecule has 1 saturated heterocycles. The van der Waals surface area contributed by atoms with E-state index in [4.69, 9.17) is 16.3 Å². The molecule has 1 aromatic carbocycles. The van der Waals surface area contributed by atoms with Crippen molar-refractivity contribution in [3.8, 4) is 0 Å². The highest BCUT2D eigenvalue weighted by Crippen LogP contribution is 2.25. The Morgan fingerprint density at radius 2 is 2.21 bits per heavy atom. The maximum absolute atomic E-state index is 13.1. The molecule has 8 heteroatoms. The van der Waals surface area contributed by atoms with Crippen molar-refractivity contribution < 1.29 is 9.53 Å². The molecule has 1 fully saturated rings. The molecule has 6 nitrogen and oxygen atoms in total. The summed E-state index contributed by atoms with van der Waals surface area (Å²) in [6, 6.07) is 5.08. The Hall–Kier alpha value is -1.57. The van der Waals surface area contributed by atoms with Gasteiger partial charge >= 0.3 is 0 Å². The fourth-order valence-electron chi connectivity index (χ4n) is 3.08. The topological polar surface area (TPSA) is 73.2 Å². The summed E-state index contributed by atoms with van der Waals surface area (Å²) in [5, 5.41) is 4.11. The number of hydrogen-bond acceptors (Lipinski definition) is 5. The van der Waals surface area contributed by atoms with Gasteiger partial charge in [0.15, 0.2) is 5.16 Å². The van der Waals surface area contributed by atoms with Crippen molar-refractivity contribution >= 4 is 40.2 Å². The molecule has 1 aliphatic rings. The minimum Gasteiger partial charge on any atom is -0.376 e. The number of nitrogens with one attached hydrogen (secondary N) is 1. The fourth-order valence-corrected chi connectivity index (χ4v) is 4.19. The highest BCUT2D eigenvalue weighted by Gasteiger charge is 2.23. The van der Waals surface area contributed by atoms with Gasteiger partial charge in [-0.05, 0) is 43.9 Å². The second-order valence-electron chi connectivity index (χ2n) is 7.51. The normalized spacial score (nSPS) is 18.0. The summed E-state index contributed by atoms with van der Waals surface area (Å²) in [4.78, 5) is 30.2. The molecule has 3 rings (SSSR count). The number of ether oxygens (including phenoxy) is 1. The first-order chi connectivity index (χ1) is 13.3. The molecule has 0 saturated carbocycles. The van der Waals surface area contributed by atoms with E-state index < -0.39 is 0 Å². The molecule has 0 bridgehead atoms. The first-order valence-corrected chi connectivity index (χ1v) is 10.9. The van der Waals surface area contributed by atoms with Crippen molar-refractivity contribution in [3.63, 3.8) is 0 Å². The van der Waals surface area contributed by atoms with Gasteiger partial charge in [-0.2, -0.15) is 0 Å². The van der Waals surface area contributed by atoms with Crippen molar-refractivity contribution in [1.82, 2.24) is 14.9 Å². The number of carbonyl (C=O) groups excluding carboxylic acids is 1. The number of nitrogens with zero attached hydrogens (tertiary/aromatic N) is 2. The molecular weight excluding hydrogens is 398 g/mol. The van der Waals surface area contributed by atoms with E-state index in [9.17, 15) is 9.59 Å². The van der Waals surface area contributed by atoms with E-state index in [1.807, 2.05) is 20.8 Å². The largest absolute Gasteiger partial charge is 0.376 e. The lowest BCUT2D eigenvalue weighted by atomic mass is 10.2. The molecule has 0 aliphatic carbocycles. The van der Waals surface area contributed by atoms with E-state index in [-0.39, 0.29) is 22.8 Å². The summed E-state index contributed by atoms with van der Waals surface area (Å²) in [5.74, 6) is 0.308. The van der Waals surface area contributed by atoms with Crippen LogP contribution in [0, 0.1) is 5.92 Å². The Labute approximate surface area is 174 Å². The van der Waals surface area contributed by atoms with Crippen molar-refractivity contribution in [2.45, 2.75) is 56.7 Å². The quantitative estimate of drug-likeness (QED) is 0.545. The van der Waals surface area contributed by atoms with E-state index in [1.165, 1.54) is 11.8 Å². The first kappa shape index (κ1) is 21.1. The van der Waals surface area contributed by atoms with Crippen LogP contribution in [0.5, 0.6) is 0 Å². The van der Waals surface area contributed by atoms with Gasteiger partial charge in [0.2, 0.25) is 5.91 Å².